The Bertz CT molecular complexity index is 843. The molecule has 3 heterocycles. The molecule has 0 saturated carbocycles. The van der Waals surface area contributed by atoms with Gasteiger partial charge >= 0.3 is 0 Å². The third-order valence-electron chi connectivity index (χ3n) is 7.64. The zero-order valence-corrected chi connectivity index (χ0v) is 16.2. The maximum Gasteiger partial charge on any atom is 0.0950 e. The molecule has 128 valence electrons. The van der Waals surface area contributed by atoms with Crippen molar-refractivity contribution in [2.75, 3.05) is 4.90 Å². The summed E-state index contributed by atoms with van der Waals surface area (Å²) in [4.78, 5) is 7.54. The Morgan fingerprint density at radius 2 is 1.75 bits per heavy atom. The summed E-state index contributed by atoms with van der Waals surface area (Å²) in [5.41, 5.74) is 6.82. The van der Waals surface area contributed by atoms with Crippen LogP contribution in [0.25, 0.3) is 0 Å². The molecule has 0 aliphatic carbocycles. The highest BCUT2D eigenvalue weighted by Crippen LogP contribution is 2.66. The first kappa shape index (κ1) is 15.7. The topological polar surface area (TPSA) is 21.1 Å². The molecular formula is C21H29N3. The van der Waals surface area contributed by atoms with Gasteiger partial charge in [0.15, 0.2) is 0 Å². The predicted octanol–water partition coefficient (Wildman–Crippen LogP) is 4.84. The van der Waals surface area contributed by atoms with Crippen molar-refractivity contribution in [2.45, 2.75) is 65.5 Å². The number of rotatable bonds is 0. The maximum atomic E-state index is 4.89. The molecule has 3 heteroatoms. The lowest BCUT2D eigenvalue weighted by Crippen LogP contribution is -2.62. The molecule has 0 N–H and O–H groups in total. The molecule has 2 aromatic rings. The molecule has 2 aliphatic heterocycles. The molecule has 2 atom stereocenters. The molecule has 1 unspecified atom stereocenters. The SMILES string of the molecule is Cc1cccc2c1N1[C@@H](C)c3c(ncn3C)C1(C)C(C)(C)C2(C)C. The number of fused-ring (bicyclic) bond motifs is 5. The molecule has 0 saturated heterocycles. The number of para-hydroxylation sites is 1. The fourth-order valence-corrected chi connectivity index (χ4v) is 5.37. The Labute approximate surface area is 145 Å². The number of imidazole rings is 1. The van der Waals surface area contributed by atoms with E-state index < -0.39 is 0 Å². The van der Waals surface area contributed by atoms with Crippen LogP contribution in [0.5, 0.6) is 0 Å². The van der Waals surface area contributed by atoms with Gasteiger partial charge in [0.25, 0.3) is 0 Å². The smallest absolute Gasteiger partial charge is 0.0950 e. The van der Waals surface area contributed by atoms with E-state index >= 15 is 0 Å². The predicted molar refractivity (Wildman–Crippen MR) is 99.4 cm³/mol. The highest BCUT2D eigenvalue weighted by atomic mass is 15.3. The van der Waals surface area contributed by atoms with Crippen LogP contribution < -0.4 is 4.90 Å². The third kappa shape index (κ3) is 1.40. The molecule has 3 nitrogen and oxygen atoms in total. The van der Waals surface area contributed by atoms with Crippen LogP contribution in [-0.2, 0) is 18.0 Å². The Hall–Kier alpha value is -1.77. The van der Waals surface area contributed by atoms with Gasteiger partial charge in [-0.25, -0.2) is 4.98 Å². The quantitative estimate of drug-likeness (QED) is 0.691. The molecular weight excluding hydrogens is 294 g/mol. The minimum atomic E-state index is -0.119. The van der Waals surface area contributed by atoms with Crippen LogP contribution in [0.15, 0.2) is 24.5 Å². The van der Waals surface area contributed by atoms with Gasteiger partial charge in [-0.1, -0.05) is 45.9 Å². The molecule has 0 fully saturated rings. The van der Waals surface area contributed by atoms with Gasteiger partial charge in [-0.2, -0.15) is 0 Å². The van der Waals surface area contributed by atoms with Gasteiger partial charge < -0.3 is 9.47 Å². The summed E-state index contributed by atoms with van der Waals surface area (Å²) >= 11 is 0. The van der Waals surface area contributed by atoms with Gasteiger partial charge in [0.1, 0.15) is 0 Å². The van der Waals surface area contributed by atoms with Crippen LogP contribution in [0.3, 0.4) is 0 Å². The van der Waals surface area contributed by atoms with Crippen molar-refractivity contribution in [1.82, 2.24) is 9.55 Å². The summed E-state index contributed by atoms with van der Waals surface area (Å²) in [6.45, 7) is 16.6. The first-order chi connectivity index (χ1) is 11.1. The monoisotopic (exact) mass is 323 g/mol. The van der Waals surface area contributed by atoms with Crippen LogP contribution in [-0.4, -0.2) is 9.55 Å². The highest BCUT2D eigenvalue weighted by molar-refractivity contribution is 5.71. The average Bonchev–Trinajstić information content (AvgIpc) is 2.98. The highest BCUT2D eigenvalue weighted by Gasteiger charge is 2.65. The van der Waals surface area contributed by atoms with E-state index in [0.717, 1.165) is 0 Å². The molecule has 1 aromatic carbocycles. The van der Waals surface area contributed by atoms with E-state index in [4.69, 9.17) is 4.98 Å². The van der Waals surface area contributed by atoms with Crippen molar-refractivity contribution in [3.63, 3.8) is 0 Å². The summed E-state index contributed by atoms with van der Waals surface area (Å²) in [5.74, 6) is 0. The lowest BCUT2D eigenvalue weighted by Gasteiger charge is -2.61. The fraction of sp³-hybridized carbons (Fsp3) is 0.571. The number of aryl methyl sites for hydroxylation is 2. The van der Waals surface area contributed by atoms with E-state index in [-0.39, 0.29) is 16.4 Å². The summed E-state index contributed by atoms with van der Waals surface area (Å²) in [7, 11) is 2.13. The third-order valence-corrected chi connectivity index (χ3v) is 7.64. The van der Waals surface area contributed by atoms with E-state index in [2.05, 4.69) is 83.2 Å². The largest absolute Gasteiger partial charge is 0.351 e. The van der Waals surface area contributed by atoms with Crippen molar-refractivity contribution >= 4 is 5.69 Å². The van der Waals surface area contributed by atoms with E-state index in [9.17, 15) is 0 Å². The molecule has 4 rings (SSSR count). The Kier molecular flexibility index (Phi) is 2.79. The first-order valence-electron chi connectivity index (χ1n) is 8.98. The van der Waals surface area contributed by atoms with Crippen LogP contribution in [0.4, 0.5) is 5.69 Å². The van der Waals surface area contributed by atoms with E-state index in [0.29, 0.717) is 6.04 Å². The van der Waals surface area contributed by atoms with E-state index in [1.807, 2.05) is 6.33 Å². The standard InChI is InChI=1S/C21H29N3/c1-13-10-9-11-15-16(13)24-14(2)17-18(22-12-23(17)8)21(24,7)20(5,6)19(15,3)4/h9-12,14H,1-8H3/t14-,21?/m0/s1. The second-order valence-corrected chi connectivity index (χ2v) is 8.93. The number of hydrogen-bond acceptors (Lipinski definition) is 2. The van der Waals surface area contributed by atoms with Crippen molar-refractivity contribution < 1.29 is 0 Å². The molecule has 1 aromatic heterocycles. The first-order valence-corrected chi connectivity index (χ1v) is 8.98. The lowest BCUT2D eigenvalue weighted by molar-refractivity contribution is 0.0626. The van der Waals surface area contributed by atoms with Gasteiger partial charge in [0, 0.05) is 18.2 Å². The molecule has 0 spiro atoms. The fourth-order valence-electron chi connectivity index (χ4n) is 5.37. The number of anilines is 1. The molecule has 0 bridgehead atoms. The Balaban J connectivity index is 2.15. The van der Waals surface area contributed by atoms with Crippen molar-refractivity contribution in [1.29, 1.82) is 0 Å². The van der Waals surface area contributed by atoms with Gasteiger partial charge in [-0.15, -0.1) is 0 Å². The maximum absolute atomic E-state index is 4.89. The normalized spacial score (nSPS) is 29.2. The average molecular weight is 323 g/mol. The second-order valence-electron chi connectivity index (χ2n) is 8.93. The Morgan fingerprint density at radius 3 is 2.42 bits per heavy atom. The van der Waals surface area contributed by atoms with Crippen LogP contribution in [0.1, 0.15) is 70.1 Å². The minimum Gasteiger partial charge on any atom is -0.351 e. The molecule has 2 aliphatic rings. The summed E-state index contributed by atoms with van der Waals surface area (Å²) in [6, 6.07) is 7.11. The molecule has 24 heavy (non-hydrogen) atoms. The van der Waals surface area contributed by atoms with Gasteiger partial charge in [0.05, 0.1) is 29.3 Å². The van der Waals surface area contributed by atoms with E-state index in [1.165, 1.54) is 28.2 Å². The number of aromatic nitrogens is 2. The van der Waals surface area contributed by atoms with Crippen LogP contribution in [0, 0.1) is 12.3 Å². The lowest BCUT2D eigenvalue weighted by atomic mass is 9.52. The number of hydrogen-bond donors (Lipinski definition) is 0. The summed E-state index contributed by atoms with van der Waals surface area (Å²) in [5, 5.41) is 0. The Morgan fingerprint density at radius 1 is 1.08 bits per heavy atom. The number of benzene rings is 1. The van der Waals surface area contributed by atoms with Gasteiger partial charge in [-0.05, 0) is 37.3 Å². The molecule has 0 amide bonds. The second kappa shape index (κ2) is 4.25. The van der Waals surface area contributed by atoms with Crippen molar-refractivity contribution in [2.24, 2.45) is 12.5 Å². The molecule has 0 radical (unpaired) electrons. The van der Waals surface area contributed by atoms with E-state index in [1.54, 1.807) is 0 Å². The summed E-state index contributed by atoms with van der Waals surface area (Å²) in [6.07, 6.45) is 1.99. The van der Waals surface area contributed by atoms with Crippen LogP contribution in [0.2, 0.25) is 0 Å². The van der Waals surface area contributed by atoms with Crippen LogP contribution >= 0.6 is 0 Å². The zero-order valence-electron chi connectivity index (χ0n) is 16.2. The zero-order chi connectivity index (χ0) is 17.7. The van der Waals surface area contributed by atoms with Gasteiger partial charge in [-0.3, -0.25) is 0 Å². The summed E-state index contributed by atoms with van der Waals surface area (Å²) < 4.78 is 2.21. The number of nitrogens with zero attached hydrogens (tertiary/aromatic N) is 3. The van der Waals surface area contributed by atoms with Gasteiger partial charge in [0.2, 0.25) is 0 Å². The van der Waals surface area contributed by atoms with Crippen molar-refractivity contribution in [3.8, 4) is 0 Å². The van der Waals surface area contributed by atoms with Crippen molar-refractivity contribution in [3.05, 3.63) is 47.0 Å². The minimum absolute atomic E-state index is 0.0364.